The Kier molecular flexibility index (Phi) is 5.57. The molecule has 0 saturated heterocycles. The molecule has 1 aromatic carbocycles. The van der Waals surface area contributed by atoms with Gasteiger partial charge in [0, 0.05) is 24.4 Å². The first-order valence-electron chi connectivity index (χ1n) is 7.14. The molecule has 0 aliphatic carbocycles. The van der Waals surface area contributed by atoms with Gasteiger partial charge >= 0.3 is 0 Å². The fourth-order valence-corrected chi connectivity index (χ4v) is 3.05. The topological polar surface area (TPSA) is 49.8 Å². The van der Waals surface area contributed by atoms with Crippen LogP contribution in [0.3, 0.4) is 0 Å². The minimum Gasteiger partial charge on any atom is -0.497 e. The predicted octanol–water partition coefficient (Wildman–Crippen LogP) is 2.88. The highest BCUT2D eigenvalue weighted by atomic mass is 32.1. The van der Waals surface area contributed by atoms with Crippen LogP contribution in [0.1, 0.15) is 23.5 Å². The third kappa shape index (κ3) is 3.87. The molecular weight excluding hydrogens is 298 g/mol. The third-order valence-electron chi connectivity index (χ3n) is 3.73. The van der Waals surface area contributed by atoms with Crippen molar-refractivity contribution in [1.29, 1.82) is 0 Å². The van der Waals surface area contributed by atoms with E-state index in [0.29, 0.717) is 11.3 Å². The van der Waals surface area contributed by atoms with E-state index in [4.69, 9.17) is 4.74 Å². The van der Waals surface area contributed by atoms with E-state index in [0.717, 1.165) is 6.42 Å². The van der Waals surface area contributed by atoms with E-state index in [1.54, 1.807) is 54.7 Å². The van der Waals surface area contributed by atoms with Gasteiger partial charge in [0.1, 0.15) is 5.75 Å². The molecule has 0 unspecified atom stereocenters. The standard InChI is InChI=1S/C17H21NO3S/c1-12(10-15-8-5-9-22-15)18(2)17(20)16(19)13-6-4-7-14(11-13)21-3/h4-9,11-12,16,19H,10H2,1-3H3/t12-,16-/m0/s1. The quantitative estimate of drug-likeness (QED) is 0.891. The molecule has 0 aliphatic heterocycles. The zero-order chi connectivity index (χ0) is 16.1. The monoisotopic (exact) mass is 319 g/mol. The maximum absolute atomic E-state index is 12.5. The molecule has 1 heterocycles. The maximum Gasteiger partial charge on any atom is 0.256 e. The highest BCUT2D eigenvalue weighted by Crippen LogP contribution is 2.22. The van der Waals surface area contributed by atoms with Crippen molar-refractivity contribution < 1.29 is 14.6 Å². The lowest BCUT2D eigenvalue weighted by Crippen LogP contribution is -2.39. The lowest BCUT2D eigenvalue weighted by atomic mass is 10.1. The molecule has 2 aromatic rings. The van der Waals surface area contributed by atoms with Gasteiger partial charge < -0.3 is 14.7 Å². The first-order valence-corrected chi connectivity index (χ1v) is 8.02. The van der Waals surface area contributed by atoms with Crippen molar-refractivity contribution in [3.63, 3.8) is 0 Å². The highest BCUT2D eigenvalue weighted by molar-refractivity contribution is 7.09. The molecule has 0 bridgehead atoms. The molecule has 0 aliphatic rings. The van der Waals surface area contributed by atoms with Gasteiger partial charge in [-0.15, -0.1) is 11.3 Å². The Hall–Kier alpha value is -1.85. The molecule has 4 nitrogen and oxygen atoms in total. The van der Waals surface area contributed by atoms with Crippen molar-refractivity contribution in [1.82, 2.24) is 4.90 Å². The minimum atomic E-state index is -1.18. The normalized spacial score (nSPS) is 13.5. The fourth-order valence-electron chi connectivity index (χ4n) is 2.22. The number of aliphatic hydroxyl groups excluding tert-OH is 1. The Morgan fingerprint density at radius 3 is 2.77 bits per heavy atom. The largest absolute Gasteiger partial charge is 0.497 e. The Bertz CT molecular complexity index is 612. The van der Waals surface area contributed by atoms with Gasteiger partial charge in [-0.3, -0.25) is 4.79 Å². The SMILES string of the molecule is COc1cccc([C@H](O)C(=O)N(C)[C@@H](C)Cc2cccs2)c1. The molecule has 118 valence electrons. The van der Waals surface area contributed by atoms with E-state index in [-0.39, 0.29) is 11.9 Å². The van der Waals surface area contributed by atoms with Crippen LogP contribution >= 0.6 is 11.3 Å². The summed E-state index contributed by atoms with van der Waals surface area (Å²) in [5.41, 5.74) is 0.541. The Balaban J connectivity index is 2.05. The zero-order valence-corrected chi connectivity index (χ0v) is 13.8. The van der Waals surface area contributed by atoms with E-state index in [1.807, 2.05) is 18.4 Å². The Morgan fingerprint density at radius 2 is 2.14 bits per heavy atom. The summed E-state index contributed by atoms with van der Waals surface area (Å²) < 4.78 is 5.13. The molecule has 1 amide bonds. The molecule has 0 fully saturated rings. The van der Waals surface area contributed by atoms with Gasteiger partial charge in [0.2, 0.25) is 0 Å². The smallest absolute Gasteiger partial charge is 0.256 e. The molecule has 0 saturated carbocycles. The van der Waals surface area contributed by atoms with Gasteiger partial charge in [-0.25, -0.2) is 0 Å². The van der Waals surface area contributed by atoms with Crippen LogP contribution in [0.25, 0.3) is 0 Å². The number of nitrogens with zero attached hydrogens (tertiary/aromatic N) is 1. The Morgan fingerprint density at radius 1 is 1.36 bits per heavy atom. The second kappa shape index (κ2) is 7.42. The number of hydrogen-bond acceptors (Lipinski definition) is 4. The van der Waals surface area contributed by atoms with Crippen molar-refractivity contribution in [2.45, 2.75) is 25.5 Å². The molecule has 0 spiro atoms. The van der Waals surface area contributed by atoms with Crippen molar-refractivity contribution >= 4 is 17.2 Å². The number of methoxy groups -OCH3 is 1. The number of hydrogen-bond donors (Lipinski definition) is 1. The summed E-state index contributed by atoms with van der Waals surface area (Å²) in [7, 11) is 3.28. The third-order valence-corrected chi connectivity index (χ3v) is 4.63. The van der Waals surface area contributed by atoms with Crippen LogP contribution in [0.2, 0.25) is 0 Å². The number of rotatable bonds is 6. The predicted molar refractivity (Wildman–Crippen MR) is 88.2 cm³/mol. The summed E-state index contributed by atoms with van der Waals surface area (Å²) >= 11 is 1.67. The highest BCUT2D eigenvalue weighted by Gasteiger charge is 2.25. The van der Waals surface area contributed by atoms with Crippen LogP contribution in [0.4, 0.5) is 0 Å². The maximum atomic E-state index is 12.5. The molecular formula is C17H21NO3S. The lowest BCUT2D eigenvalue weighted by Gasteiger charge is -2.27. The number of likely N-dealkylation sites (N-methyl/N-ethyl adjacent to an activating group) is 1. The zero-order valence-electron chi connectivity index (χ0n) is 13.0. The minimum absolute atomic E-state index is 0.0198. The molecule has 0 radical (unpaired) electrons. The van der Waals surface area contributed by atoms with Gasteiger partial charge in [-0.1, -0.05) is 18.2 Å². The number of ether oxygens (including phenoxy) is 1. The summed E-state index contributed by atoms with van der Waals surface area (Å²) in [6.45, 7) is 1.98. The van der Waals surface area contributed by atoms with E-state index in [1.165, 1.54) is 4.88 Å². The van der Waals surface area contributed by atoms with Crippen LogP contribution < -0.4 is 4.74 Å². The molecule has 5 heteroatoms. The van der Waals surface area contributed by atoms with Crippen LogP contribution in [-0.2, 0) is 11.2 Å². The van der Waals surface area contributed by atoms with E-state index < -0.39 is 6.10 Å². The van der Waals surface area contributed by atoms with Crippen LogP contribution in [0.5, 0.6) is 5.75 Å². The second-order valence-corrected chi connectivity index (χ2v) is 6.29. The summed E-state index contributed by atoms with van der Waals surface area (Å²) in [5, 5.41) is 12.3. The van der Waals surface area contributed by atoms with Crippen LogP contribution in [0.15, 0.2) is 41.8 Å². The van der Waals surface area contributed by atoms with Gasteiger partial charge in [0.25, 0.3) is 5.91 Å². The molecule has 2 atom stereocenters. The lowest BCUT2D eigenvalue weighted by molar-refractivity contribution is -0.141. The number of aliphatic hydroxyl groups is 1. The van der Waals surface area contributed by atoms with Crippen molar-refractivity contribution in [2.24, 2.45) is 0 Å². The average molecular weight is 319 g/mol. The summed E-state index contributed by atoms with van der Waals surface area (Å²) in [6.07, 6.45) is -0.393. The van der Waals surface area contributed by atoms with Crippen LogP contribution in [-0.4, -0.2) is 36.1 Å². The number of carbonyl (C=O) groups excluding carboxylic acids is 1. The molecule has 1 N–H and O–H groups in total. The van der Waals surface area contributed by atoms with Crippen LogP contribution in [0, 0.1) is 0 Å². The first-order chi connectivity index (χ1) is 10.5. The van der Waals surface area contributed by atoms with Crippen molar-refractivity contribution in [3.8, 4) is 5.75 Å². The molecule has 2 rings (SSSR count). The molecule has 22 heavy (non-hydrogen) atoms. The van der Waals surface area contributed by atoms with Gasteiger partial charge in [0.15, 0.2) is 6.10 Å². The van der Waals surface area contributed by atoms with Gasteiger partial charge in [-0.05, 0) is 36.1 Å². The van der Waals surface area contributed by atoms with Gasteiger partial charge in [-0.2, -0.15) is 0 Å². The van der Waals surface area contributed by atoms with Crippen molar-refractivity contribution in [3.05, 3.63) is 52.2 Å². The summed E-state index contributed by atoms with van der Waals surface area (Å²) in [6, 6.07) is 11.0. The second-order valence-electron chi connectivity index (χ2n) is 5.26. The number of carbonyl (C=O) groups is 1. The van der Waals surface area contributed by atoms with E-state index in [9.17, 15) is 9.90 Å². The summed E-state index contributed by atoms with van der Waals surface area (Å²) in [4.78, 5) is 15.3. The van der Waals surface area contributed by atoms with Gasteiger partial charge in [0.05, 0.1) is 7.11 Å². The number of amides is 1. The number of thiophene rings is 1. The molecule has 1 aromatic heterocycles. The summed E-state index contributed by atoms with van der Waals surface area (Å²) in [5.74, 6) is 0.316. The fraction of sp³-hybridized carbons (Fsp3) is 0.353. The number of benzene rings is 1. The Labute approximate surface area is 135 Å². The van der Waals surface area contributed by atoms with Crippen molar-refractivity contribution in [2.75, 3.05) is 14.2 Å². The van der Waals surface area contributed by atoms with E-state index >= 15 is 0 Å². The average Bonchev–Trinajstić information content (AvgIpc) is 3.05. The first kappa shape index (κ1) is 16.5. The van der Waals surface area contributed by atoms with E-state index in [2.05, 4.69) is 6.07 Å².